The molecule has 1 saturated heterocycles. The first kappa shape index (κ1) is 11.7. The molecule has 0 aliphatic carbocycles. The number of rotatable bonds is 5. The number of hydrogen-bond donors (Lipinski definition) is 1. The number of aliphatic hydroxyl groups excluding tert-OH is 1. The van der Waals surface area contributed by atoms with Gasteiger partial charge in [0.15, 0.2) is 0 Å². The van der Waals surface area contributed by atoms with Gasteiger partial charge in [0.05, 0.1) is 6.10 Å². The molecule has 0 aromatic rings. The second kappa shape index (κ2) is 4.89. The van der Waals surface area contributed by atoms with E-state index in [1.807, 2.05) is 6.92 Å². The first-order valence-corrected chi connectivity index (χ1v) is 5.46. The number of carbonyl (C=O) groups is 1. The van der Waals surface area contributed by atoms with Gasteiger partial charge in [0.2, 0.25) is 0 Å². The average molecular weight is 199 g/mol. The molecule has 1 N–H and O–H groups in total. The minimum Gasteiger partial charge on any atom is -0.392 e. The predicted molar refractivity (Wildman–Crippen MR) is 56.1 cm³/mol. The van der Waals surface area contributed by atoms with Crippen LogP contribution in [0, 0.1) is 5.41 Å². The molecule has 14 heavy (non-hydrogen) atoms. The van der Waals surface area contributed by atoms with Crippen LogP contribution in [0.15, 0.2) is 0 Å². The quantitative estimate of drug-likeness (QED) is 0.673. The lowest BCUT2D eigenvalue weighted by molar-refractivity contribution is -0.116. The van der Waals surface area contributed by atoms with Crippen molar-refractivity contribution in [1.82, 2.24) is 4.90 Å². The highest BCUT2D eigenvalue weighted by Crippen LogP contribution is 2.23. The zero-order valence-corrected chi connectivity index (χ0v) is 9.20. The van der Waals surface area contributed by atoms with Crippen molar-refractivity contribution in [3.05, 3.63) is 0 Å². The first-order valence-electron chi connectivity index (χ1n) is 5.46. The van der Waals surface area contributed by atoms with Gasteiger partial charge in [-0.2, -0.15) is 0 Å². The summed E-state index contributed by atoms with van der Waals surface area (Å²) in [7, 11) is 0. The maximum absolute atomic E-state index is 11.0. The fraction of sp³-hybridized carbons (Fsp3) is 0.909. The number of hydrogen-bond acceptors (Lipinski definition) is 3. The van der Waals surface area contributed by atoms with Crippen molar-refractivity contribution in [2.75, 3.05) is 19.6 Å². The van der Waals surface area contributed by atoms with Gasteiger partial charge >= 0.3 is 0 Å². The summed E-state index contributed by atoms with van der Waals surface area (Å²) in [6.45, 7) is 6.55. The van der Waals surface area contributed by atoms with E-state index in [0.29, 0.717) is 0 Å². The Labute approximate surface area is 86.1 Å². The second-order valence-corrected chi connectivity index (χ2v) is 4.70. The van der Waals surface area contributed by atoms with Crippen molar-refractivity contribution >= 4 is 6.29 Å². The monoisotopic (exact) mass is 199 g/mol. The number of aldehydes is 1. The summed E-state index contributed by atoms with van der Waals surface area (Å²) < 4.78 is 0. The Morgan fingerprint density at radius 3 is 2.79 bits per heavy atom. The molecule has 82 valence electrons. The van der Waals surface area contributed by atoms with Gasteiger partial charge in [-0.25, -0.2) is 0 Å². The molecule has 0 amide bonds. The first-order chi connectivity index (χ1) is 6.59. The Bertz CT molecular complexity index is 196. The Morgan fingerprint density at radius 1 is 1.64 bits per heavy atom. The topological polar surface area (TPSA) is 40.5 Å². The fourth-order valence-corrected chi connectivity index (χ4v) is 2.21. The molecule has 2 unspecified atom stereocenters. The fourth-order valence-electron chi connectivity index (χ4n) is 2.21. The highest BCUT2D eigenvalue weighted by atomic mass is 16.3. The lowest BCUT2D eigenvalue weighted by Crippen LogP contribution is -2.36. The Kier molecular flexibility index (Phi) is 4.08. The average Bonchev–Trinajstić information content (AvgIpc) is 2.51. The minimum atomic E-state index is -0.223. The van der Waals surface area contributed by atoms with Gasteiger partial charge in [-0.05, 0) is 12.8 Å². The van der Waals surface area contributed by atoms with E-state index in [9.17, 15) is 9.90 Å². The summed E-state index contributed by atoms with van der Waals surface area (Å²) in [5, 5.41) is 9.37. The van der Waals surface area contributed by atoms with Crippen LogP contribution in [-0.4, -0.2) is 42.0 Å². The van der Waals surface area contributed by atoms with Crippen LogP contribution in [0.1, 0.15) is 33.1 Å². The standard InChI is InChI=1S/C11H21NO2/c1-3-5-11(2,9-13)8-12-6-4-10(14)7-12/h9-10,14H,3-8H2,1-2H3. The SMILES string of the molecule is CCCC(C)(C=O)CN1CCC(O)C1. The maximum atomic E-state index is 11.0. The molecule has 0 spiro atoms. The van der Waals surface area contributed by atoms with E-state index in [1.165, 1.54) is 0 Å². The molecule has 0 aromatic carbocycles. The van der Waals surface area contributed by atoms with Crippen LogP contribution in [0.4, 0.5) is 0 Å². The number of β-amino-alcohol motifs (C(OH)–C–C–N with tert-alkyl or cyclic N) is 1. The van der Waals surface area contributed by atoms with Gasteiger partial charge in [0.25, 0.3) is 0 Å². The second-order valence-electron chi connectivity index (χ2n) is 4.70. The third kappa shape index (κ3) is 3.07. The Morgan fingerprint density at radius 2 is 2.36 bits per heavy atom. The molecule has 1 fully saturated rings. The number of nitrogens with zero attached hydrogens (tertiary/aromatic N) is 1. The van der Waals surface area contributed by atoms with Crippen molar-refractivity contribution in [1.29, 1.82) is 0 Å². The molecule has 1 heterocycles. The third-order valence-corrected chi connectivity index (χ3v) is 2.94. The highest BCUT2D eigenvalue weighted by Gasteiger charge is 2.29. The molecule has 0 bridgehead atoms. The molecule has 0 radical (unpaired) electrons. The van der Waals surface area contributed by atoms with Crippen molar-refractivity contribution in [2.24, 2.45) is 5.41 Å². The Balaban J connectivity index is 2.43. The molecule has 1 aliphatic heterocycles. The van der Waals surface area contributed by atoms with Gasteiger partial charge in [-0.15, -0.1) is 0 Å². The molecule has 3 nitrogen and oxygen atoms in total. The zero-order chi connectivity index (χ0) is 10.6. The number of likely N-dealkylation sites (tertiary alicyclic amines) is 1. The Hall–Kier alpha value is -0.410. The largest absolute Gasteiger partial charge is 0.392 e. The summed E-state index contributed by atoms with van der Waals surface area (Å²) in [5.41, 5.74) is -0.223. The summed E-state index contributed by atoms with van der Waals surface area (Å²) in [6, 6.07) is 0. The maximum Gasteiger partial charge on any atom is 0.127 e. The lowest BCUT2D eigenvalue weighted by Gasteiger charge is -2.28. The highest BCUT2D eigenvalue weighted by molar-refractivity contribution is 5.59. The summed E-state index contributed by atoms with van der Waals surface area (Å²) in [6.07, 6.45) is 3.70. The summed E-state index contributed by atoms with van der Waals surface area (Å²) in [5.74, 6) is 0. The van der Waals surface area contributed by atoms with Crippen LogP contribution < -0.4 is 0 Å². The van der Waals surface area contributed by atoms with Crippen molar-refractivity contribution in [2.45, 2.75) is 39.2 Å². The van der Waals surface area contributed by atoms with Crippen LogP contribution in [0.3, 0.4) is 0 Å². The summed E-state index contributed by atoms with van der Waals surface area (Å²) >= 11 is 0. The molecule has 3 heteroatoms. The van der Waals surface area contributed by atoms with E-state index in [4.69, 9.17) is 0 Å². The zero-order valence-electron chi connectivity index (χ0n) is 9.20. The number of aliphatic hydroxyl groups is 1. The van der Waals surface area contributed by atoms with Crippen molar-refractivity contribution in [3.8, 4) is 0 Å². The van der Waals surface area contributed by atoms with E-state index in [1.54, 1.807) is 0 Å². The van der Waals surface area contributed by atoms with E-state index in [-0.39, 0.29) is 11.5 Å². The van der Waals surface area contributed by atoms with Crippen LogP contribution >= 0.6 is 0 Å². The molecule has 2 atom stereocenters. The van der Waals surface area contributed by atoms with Gasteiger partial charge in [0, 0.05) is 25.0 Å². The normalized spacial score (nSPS) is 27.5. The molecular formula is C11H21NO2. The number of carbonyl (C=O) groups excluding carboxylic acids is 1. The molecular weight excluding hydrogens is 178 g/mol. The smallest absolute Gasteiger partial charge is 0.127 e. The van der Waals surface area contributed by atoms with E-state index >= 15 is 0 Å². The molecule has 0 aromatic heterocycles. The van der Waals surface area contributed by atoms with Crippen LogP contribution in [-0.2, 0) is 4.79 Å². The van der Waals surface area contributed by atoms with Crippen molar-refractivity contribution < 1.29 is 9.90 Å². The molecule has 0 saturated carbocycles. The van der Waals surface area contributed by atoms with Gasteiger partial charge in [-0.1, -0.05) is 20.3 Å². The van der Waals surface area contributed by atoms with E-state index in [0.717, 1.165) is 45.2 Å². The van der Waals surface area contributed by atoms with E-state index in [2.05, 4.69) is 11.8 Å². The van der Waals surface area contributed by atoms with Gasteiger partial charge < -0.3 is 9.90 Å². The third-order valence-electron chi connectivity index (χ3n) is 2.94. The van der Waals surface area contributed by atoms with Gasteiger partial charge in [-0.3, -0.25) is 4.90 Å². The van der Waals surface area contributed by atoms with Crippen LogP contribution in [0.5, 0.6) is 0 Å². The molecule has 1 aliphatic rings. The minimum absolute atomic E-state index is 0.187. The summed E-state index contributed by atoms with van der Waals surface area (Å²) in [4.78, 5) is 13.2. The van der Waals surface area contributed by atoms with E-state index < -0.39 is 0 Å². The molecule has 1 rings (SSSR count). The van der Waals surface area contributed by atoms with Gasteiger partial charge in [0.1, 0.15) is 6.29 Å². The van der Waals surface area contributed by atoms with Crippen LogP contribution in [0.2, 0.25) is 0 Å². The van der Waals surface area contributed by atoms with Crippen molar-refractivity contribution in [3.63, 3.8) is 0 Å². The lowest BCUT2D eigenvalue weighted by atomic mass is 9.87. The van der Waals surface area contributed by atoms with Crippen LogP contribution in [0.25, 0.3) is 0 Å². The predicted octanol–water partition coefficient (Wildman–Crippen LogP) is 1.06.